The lowest BCUT2D eigenvalue weighted by Gasteiger charge is -2.23. The number of rotatable bonds is 4. The van der Waals surface area contributed by atoms with Crippen molar-refractivity contribution >= 4 is 21.4 Å². The molecule has 1 aromatic carbocycles. The molecule has 5 heteroatoms. The minimum Gasteiger partial charge on any atom is -0.399 e. The first-order valence-corrected chi connectivity index (χ1v) is 8.69. The first-order chi connectivity index (χ1) is 8.94. The molecule has 1 aliphatic carbocycles. The monoisotopic (exact) mass is 282 g/mol. The second-order valence-electron chi connectivity index (χ2n) is 5.50. The van der Waals surface area contributed by atoms with Crippen molar-refractivity contribution in [3.63, 3.8) is 0 Å². The summed E-state index contributed by atoms with van der Waals surface area (Å²) in [5.41, 5.74) is 8.18. The maximum Gasteiger partial charge on any atom is 0.229 e. The third-order valence-corrected chi connectivity index (χ3v) is 4.25. The van der Waals surface area contributed by atoms with Gasteiger partial charge < -0.3 is 5.73 Å². The molecule has 0 atom stereocenters. The Balaban J connectivity index is 2.19. The van der Waals surface area contributed by atoms with Crippen LogP contribution in [0.5, 0.6) is 0 Å². The van der Waals surface area contributed by atoms with Crippen LogP contribution >= 0.6 is 0 Å². The van der Waals surface area contributed by atoms with Gasteiger partial charge in [-0.2, -0.15) is 0 Å². The largest absolute Gasteiger partial charge is 0.399 e. The van der Waals surface area contributed by atoms with E-state index in [9.17, 15) is 8.42 Å². The van der Waals surface area contributed by atoms with Crippen molar-refractivity contribution in [2.75, 3.05) is 16.7 Å². The van der Waals surface area contributed by atoms with Crippen LogP contribution in [0.1, 0.15) is 37.7 Å². The Labute approximate surface area is 115 Å². The maximum absolute atomic E-state index is 11.4. The standard InChI is InChI=1S/C14H22N2O2S/c1-19(17,18)16-14-8-7-13(15)10-12(14)9-11-5-3-2-4-6-11/h7-8,10-11,16H,2-6,9,15H2,1H3. The predicted molar refractivity (Wildman–Crippen MR) is 79.6 cm³/mol. The Bertz CT molecular complexity index is 534. The van der Waals surface area contributed by atoms with E-state index >= 15 is 0 Å². The van der Waals surface area contributed by atoms with Crippen LogP contribution in [0, 0.1) is 5.92 Å². The van der Waals surface area contributed by atoms with Crippen LogP contribution in [-0.4, -0.2) is 14.7 Å². The highest BCUT2D eigenvalue weighted by atomic mass is 32.2. The molecule has 3 N–H and O–H groups in total. The summed E-state index contributed by atoms with van der Waals surface area (Å²) in [5.74, 6) is 0.649. The molecule has 1 aliphatic rings. The quantitative estimate of drug-likeness (QED) is 0.834. The van der Waals surface area contributed by atoms with Gasteiger partial charge >= 0.3 is 0 Å². The first kappa shape index (κ1) is 14.2. The molecule has 0 heterocycles. The van der Waals surface area contributed by atoms with Crippen LogP contribution in [0.2, 0.25) is 0 Å². The molecule has 0 bridgehead atoms. The van der Waals surface area contributed by atoms with E-state index in [1.54, 1.807) is 12.1 Å². The Morgan fingerprint density at radius 3 is 2.58 bits per heavy atom. The lowest BCUT2D eigenvalue weighted by Crippen LogP contribution is -2.14. The van der Waals surface area contributed by atoms with Gasteiger partial charge in [-0.1, -0.05) is 32.1 Å². The topological polar surface area (TPSA) is 72.2 Å². The summed E-state index contributed by atoms with van der Waals surface area (Å²) in [6.07, 6.45) is 8.42. The van der Waals surface area contributed by atoms with E-state index < -0.39 is 10.0 Å². The molecule has 0 aliphatic heterocycles. The highest BCUT2D eigenvalue weighted by Gasteiger charge is 2.16. The van der Waals surface area contributed by atoms with E-state index in [0.29, 0.717) is 17.3 Å². The number of sulfonamides is 1. The average molecular weight is 282 g/mol. The van der Waals surface area contributed by atoms with Crippen molar-refractivity contribution in [2.24, 2.45) is 5.92 Å². The number of nitrogen functional groups attached to an aromatic ring is 1. The number of nitrogens with two attached hydrogens (primary N) is 1. The predicted octanol–water partition coefficient (Wildman–Crippen LogP) is 2.76. The summed E-state index contributed by atoms with van der Waals surface area (Å²) in [6.45, 7) is 0. The van der Waals surface area contributed by atoms with Crippen LogP contribution in [0.15, 0.2) is 18.2 Å². The van der Waals surface area contributed by atoms with Crippen molar-refractivity contribution in [1.82, 2.24) is 0 Å². The van der Waals surface area contributed by atoms with Crippen molar-refractivity contribution in [3.05, 3.63) is 23.8 Å². The molecule has 0 aromatic heterocycles. The molecular formula is C14H22N2O2S. The molecule has 19 heavy (non-hydrogen) atoms. The van der Waals surface area contributed by atoms with Gasteiger partial charge in [0.05, 0.1) is 11.9 Å². The second kappa shape index (κ2) is 5.82. The Kier molecular flexibility index (Phi) is 4.34. The van der Waals surface area contributed by atoms with Gasteiger partial charge in [-0.05, 0) is 36.1 Å². The average Bonchev–Trinajstić information content (AvgIpc) is 2.32. The molecule has 1 saturated carbocycles. The Hall–Kier alpha value is -1.23. The number of hydrogen-bond donors (Lipinski definition) is 2. The molecule has 0 amide bonds. The fraction of sp³-hybridized carbons (Fsp3) is 0.571. The summed E-state index contributed by atoms with van der Waals surface area (Å²) in [5, 5.41) is 0. The number of hydrogen-bond acceptors (Lipinski definition) is 3. The molecule has 2 rings (SSSR count). The van der Waals surface area contributed by atoms with Crippen LogP contribution in [-0.2, 0) is 16.4 Å². The molecule has 1 fully saturated rings. The van der Waals surface area contributed by atoms with Crippen molar-refractivity contribution in [3.8, 4) is 0 Å². The van der Waals surface area contributed by atoms with Crippen molar-refractivity contribution in [2.45, 2.75) is 38.5 Å². The van der Waals surface area contributed by atoms with E-state index in [4.69, 9.17) is 5.73 Å². The smallest absolute Gasteiger partial charge is 0.229 e. The molecular weight excluding hydrogens is 260 g/mol. The summed E-state index contributed by atoms with van der Waals surface area (Å²) in [4.78, 5) is 0. The van der Waals surface area contributed by atoms with Gasteiger partial charge in [0.1, 0.15) is 0 Å². The van der Waals surface area contributed by atoms with Crippen LogP contribution in [0.3, 0.4) is 0 Å². The molecule has 1 aromatic rings. The second-order valence-corrected chi connectivity index (χ2v) is 7.25. The highest BCUT2D eigenvalue weighted by molar-refractivity contribution is 7.92. The minimum atomic E-state index is -3.24. The summed E-state index contributed by atoms with van der Waals surface area (Å²) in [6, 6.07) is 5.38. The Morgan fingerprint density at radius 1 is 1.26 bits per heavy atom. The van der Waals surface area contributed by atoms with Crippen LogP contribution in [0.4, 0.5) is 11.4 Å². The summed E-state index contributed by atoms with van der Waals surface area (Å²) in [7, 11) is -3.24. The zero-order valence-corrected chi connectivity index (χ0v) is 12.2. The lowest BCUT2D eigenvalue weighted by atomic mass is 9.84. The number of nitrogens with one attached hydrogen (secondary N) is 1. The minimum absolute atomic E-state index is 0.649. The van der Waals surface area contributed by atoms with Crippen molar-refractivity contribution in [1.29, 1.82) is 0 Å². The van der Waals surface area contributed by atoms with Crippen LogP contribution < -0.4 is 10.5 Å². The van der Waals surface area contributed by atoms with Gasteiger partial charge in [0, 0.05) is 5.69 Å². The fourth-order valence-corrected chi connectivity index (χ4v) is 3.38. The van der Waals surface area contributed by atoms with Crippen molar-refractivity contribution < 1.29 is 8.42 Å². The maximum atomic E-state index is 11.4. The Morgan fingerprint density at radius 2 is 1.95 bits per heavy atom. The lowest BCUT2D eigenvalue weighted by molar-refractivity contribution is 0.357. The molecule has 0 radical (unpaired) electrons. The zero-order valence-electron chi connectivity index (χ0n) is 11.4. The SMILES string of the molecule is CS(=O)(=O)Nc1ccc(N)cc1CC1CCCCC1. The van der Waals surface area contributed by atoms with E-state index in [-0.39, 0.29) is 0 Å². The fourth-order valence-electron chi connectivity index (χ4n) is 2.78. The van der Waals surface area contributed by atoms with Gasteiger partial charge in [-0.15, -0.1) is 0 Å². The van der Waals surface area contributed by atoms with Gasteiger partial charge in [-0.3, -0.25) is 4.72 Å². The van der Waals surface area contributed by atoms with E-state index in [0.717, 1.165) is 12.0 Å². The molecule has 0 saturated heterocycles. The van der Waals surface area contributed by atoms with E-state index in [1.165, 1.54) is 38.4 Å². The van der Waals surface area contributed by atoms with Gasteiger partial charge in [0.25, 0.3) is 0 Å². The summed E-state index contributed by atoms with van der Waals surface area (Å²) < 4.78 is 25.4. The normalized spacial score (nSPS) is 17.3. The van der Waals surface area contributed by atoms with Gasteiger partial charge in [0.15, 0.2) is 0 Å². The zero-order chi connectivity index (χ0) is 13.9. The van der Waals surface area contributed by atoms with Gasteiger partial charge in [-0.25, -0.2) is 8.42 Å². The third-order valence-electron chi connectivity index (χ3n) is 3.66. The third kappa shape index (κ3) is 4.42. The van der Waals surface area contributed by atoms with E-state index in [2.05, 4.69) is 4.72 Å². The summed E-state index contributed by atoms with van der Waals surface area (Å²) >= 11 is 0. The van der Waals surface area contributed by atoms with E-state index in [1.807, 2.05) is 6.07 Å². The first-order valence-electron chi connectivity index (χ1n) is 6.80. The molecule has 0 unspecified atom stereocenters. The number of anilines is 2. The molecule has 106 valence electrons. The highest BCUT2D eigenvalue weighted by Crippen LogP contribution is 2.30. The van der Waals surface area contributed by atoms with Crippen LogP contribution in [0.25, 0.3) is 0 Å². The van der Waals surface area contributed by atoms with Gasteiger partial charge in [0.2, 0.25) is 10.0 Å². The molecule has 0 spiro atoms. The number of benzene rings is 1. The molecule has 4 nitrogen and oxygen atoms in total.